The molecule has 1 aliphatic heterocycles. The van der Waals surface area contributed by atoms with Gasteiger partial charge in [0, 0.05) is 17.1 Å². The molecule has 0 spiro atoms. The first-order valence-electron chi connectivity index (χ1n) is 13.8. The fraction of sp³-hybridized carbons (Fsp3) is 0.344. The largest absolute Gasteiger partial charge is 0.481 e. The summed E-state index contributed by atoms with van der Waals surface area (Å²) in [4.78, 5) is 40.9. The molecule has 3 aromatic rings. The molecule has 0 saturated heterocycles. The SMILES string of the molecule is O=C(O)Cc1cccc(CCNC(=O)[C@@H]2c3ccccc3C(=O)N([C@H]3CCCC[C@@H]3O)[C@H]2c2ccc(Cl)cc2)c1. The van der Waals surface area contributed by atoms with E-state index in [4.69, 9.17) is 16.7 Å². The summed E-state index contributed by atoms with van der Waals surface area (Å²) in [5.41, 5.74) is 3.56. The Kier molecular flexibility index (Phi) is 8.52. The maximum Gasteiger partial charge on any atom is 0.307 e. The van der Waals surface area contributed by atoms with Gasteiger partial charge in [-0.15, -0.1) is 0 Å². The van der Waals surface area contributed by atoms with Crippen molar-refractivity contribution in [3.8, 4) is 0 Å². The number of carboxylic acid groups (broad SMARTS) is 1. The van der Waals surface area contributed by atoms with E-state index in [2.05, 4.69) is 5.32 Å². The highest BCUT2D eigenvalue weighted by Crippen LogP contribution is 2.46. The highest BCUT2D eigenvalue weighted by molar-refractivity contribution is 6.30. The number of rotatable bonds is 8. The number of fused-ring (bicyclic) bond motifs is 1. The summed E-state index contributed by atoms with van der Waals surface area (Å²) in [6, 6.07) is 20.8. The Labute approximate surface area is 238 Å². The fourth-order valence-electron chi connectivity index (χ4n) is 6.14. The highest BCUT2D eigenvalue weighted by atomic mass is 35.5. The molecule has 1 saturated carbocycles. The predicted octanol–water partition coefficient (Wildman–Crippen LogP) is 4.91. The average molecular weight is 561 g/mol. The Morgan fingerprint density at radius 1 is 0.950 bits per heavy atom. The van der Waals surface area contributed by atoms with E-state index in [0.717, 1.165) is 24.0 Å². The van der Waals surface area contributed by atoms with Crippen molar-refractivity contribution in [2.45, 2.75) is 62.6 Å². The van der Waals surface area contributed by atoms with Gasteiger partial charge in [-0.2, -0.15) is 0 Å². The van der Waals surface area contributed by atoms with Crippen molar-refractivity contribution >= 4 is 29.4 Å². The van der Waals surface area contributed by atoms with Gasteiger partial charge in [-0.1, -0.05) is 79.0 Å². The van der Waals surface area contributed by atoms with Gasteiger partial charge in [-0.25, -0.2) is 0 Å². The Morgan fingerprint density at radius 2 is 1.68 bits per heavy atom. The quantitative estimate of drug-likeness (QED) is 0.363. The van der Waals surface area contributed by atoms with Gasteiger partial charge in [-0.3, -0.25) is 14.4 Å². The molecule has 40 heavy (non-hydrogen) atoms. The third-order valence-electron chi connectivity index (χ3n) is 7.98. The van der Waals surface area contributed by atoms with Crippen molar-refractivity contribution < 1.29 is 24.6 Å². The topological polar surface area (TPSA) is 107 Å². The number of aliphatic carboxylic acids is 1. The van der Waals surface area contributed by atoms with Crippen LogP contribution in [0.1, 0.15) is 70.3 Å². The Bertz CT molecular complexity index is 1390. The van der Waals surface area contributed by atoms with E-state index < -0.39 is 30.1 Å². The number of aliphatic hydroxyl groups excluding tert-OH is 1. The van der Waals surface area contributed by atoms with E-state index in [-0.39, 0.29) is 18.2 Å². The monoisotopic (exact) mass is 560 g/mol. The molecule has 3 N–H and O–H groups in total. The van der Waals surface area contributed by atoms with Crippen LogP contribution >= 0.6 is 11.6 Å². The van der Waals surface area contributed by atoms with Gasteiger partial charge < -0.3 is 20.4 Å². The summed E-state index contributed by atoms with van der Waals surface area (Å²) in [7, 11) is 0. The van der Waals surface area contributed by atoms with Crippen LogP contribution in [0.4, 0.5) is 0 Å². The molecule has 0 unspecified atom stereocenters. The number of nitrogens with one attached hydrogen (secondary N) is 1. The normalized spacial score (nSPS) is 22.4. The number of benzene rings is 3. The minimum Gasteiger partial charge on any atom is -0.481 e. The van der Waals surface area contributed by atoms with Crippen molar-refractivity contribution in [2.75, 3.05) is 6.54 Å². The fourth-order valence-corrected chi connectivity index (χ4v) is 6.27. The standard InChI is InChI=1S/C32H33ClN2O5/c33-23-14-12-22(13-15-23)30-29(31(39)34-17-16-20-6-5-7-21(18-20)19-28(37)38)24-8-1-2-9-25(24)32(40)35(30)26-10-3-4-11-27(26)36/h1-2,5-9,12-15,18,26-27,29-30,36H,3-4,10-11,16-17,19H2,(H,34,39)(H,37,38)/t26-,27-,29+,30-/m0/s1. The van der Waals surface area contributed by atoms with Crippen LogP contribution in [-0.4, -0.2) is 51.6 Å². The Hall–Kier alpha value is -3.68. The van der Waals surface area contributed by atoms with Crippen molar-refractivity contribution in [3.63, 3.8) is 0 Å². The van der Waals surface area contributed by atoms with Crippen molar-refractivity contribution in [2.24, 2.45) is 0 Å². The van der Waals surface area contributed by atoms with Gasteiger partial charge in [0.15, 0.2) is 0 Å². The van der Waals surface area contributed by atoms with Crippen molar-refractivity contribution in [3.05, 3.63) is 106 Å². The molecule has 0 aromatic heterocycles. The molecule has 7 nitrogen and oxygen atoms in total. The third-order valence-corrected chi connectivity index (χ3v) is 8.23. The van der Waals surface area contributed by atoms with E-state index in [1.165, 1.54) is 0 Å². The van der Waals surface area contributed by atoms with E-state index in [1.807, 2.05) is 42.5 Å². The van der Waals surface area contributed by atoms with Crippen LogP contribution < -0.4 is 5.32 Å². The second-order valence-corrected chi connectivity index (χ2v) is 11.1. The number of aliphatic hydroxyl groups is 1. The number of amides is 2. The minimum atomic E-state index is -0.892. The molecule has 0 bridgehead atoms. The van der Waals surface area contributed by atoms with Crippen LogP contribution in [0.2, 0.25) is 5.02 Å². The molecular weight excluding hydrogens is 528 g/mol. The summed E-state index contributed by atoms with van der Waals surface area (Å²) < 4.78 is 0. The second-order valence-electron chi connectivity index (χ2n) is 10.6. The van der Waals surface area contributed by atoms with E-state index in [9.17, 15) is 19.5 Å². The summed E-state index contributed by atoms with van der Waals surface area (Å²) in [5, 5.41) is 23.8. The molecule has 8 heteroatoms. The molecule has 2 aliphatic rings. The second kappa shape index (κ2) is 12.2. The van der Waals surface area contributed by atoms with Crippen molar-refractivity contribution in [1.29, 1.82) is 0 Å². The van der Waals surface area contributed by atoms with Crippen LogP contribution in [-0.2, 0) is 22.4 Å². The third kappa shape index (κ3) is 5.91. The lowest BCUT2D eigenvalue weighted by Crippen LogP contribution is -2.55. The van der Waals surface area contributed by atoms with E-state index in [0.29, 0.717) is 47.5 Å². The zero-order valence-electron chi connectivity index (χ0n) is 22.1. The summed E-state index contributed by atoms with van der Waals surface area (Å²) in [5.74, 6) is -1.97. The predicted molar refractivity (Wildman–Crippen MR) is 152 cm³/mol. The number of nitrogens with zero attached hydrogens (tertiary/aromatic N) is 1. The molecule has 1 aliphatic carbocycles. The number of carbonyl (C=O) groups excluding carboxylic acids is 2. The lowest BCUT2D eigenvalue weighted by molar-refractivity contribution is -0.136. The highest BCUT2D eigenvalue weighted by Gasteiger charge is 2.48. The first-order chi connectivity index (χ1) is 19.3. The number of hydrogen-bond acceptors (Lipinski definition) is 4. The molecule has 4 atom stereocenters. The number of hydrogen-bond donors (Lipinski definition) is 3. The summed E-state index contributed by atoms with van der Waals surface area (Å²) in [6.45, 7) is 0.349. The smallest absolute Gasteiger partial charge is 0.307 e. The molecule has 1 fully saturated rings. The van der Waals surface area contributed by atoms with Gasteiger partial charge in [-0.05, 0) is 59.7 Å². The molecule has 2 amide bonds. The van der Waals surface area contributed by atoms with Gasteiger partial charge in [0.2, 0.25) is 5.91 Å². The van der Waals surface area contributed by atoms with Gasteiger partial charge >= 0.3 is 5.97 Å². The van der Waals surface area contributed by atoms with Crippen molar-refractivity contribution in [1.82, 2.24) is 10.2 Å². The number of carbonyl (C=O) groups is 3. The molecule has 3 aromatic carbocycles. The van der Waals surface area contributed by atoms with Gasteiger partial charge in [0.1, 0.15) is 0 Å². The Balaban J connectivity index is 1.47. The zero-order chi connectivity index (χ0) is 28.2. The van der Waals surface area contributed by atoms with E-state index in [1.54, 1.807) is 35.2 Å². The van der Waals surface area contributed by atoms with Gasteiger partial charge in [0.05, 0.1) is 30.5 Å². The van der Waals surface area contributed by atoms with Crippen LogP contribution in [0.15, 0.2) is 72.8 Å². The molecule has 1 heterocycles. The van der Waals surface area contributed by atoms with Gasteiger partial charge in [0.25, 0.3) is 5.91 Å². The first kappa shape index (κ1) is 27.9. The first-order valence-corrected chi connectivity index (χ1v) is 14.1. The lowest BCUT2D eigenvalue weighted by Gasteiger charge is -2.48. The minimum absolute atomic E-state index is 0.0568. The maximum atomic E-state index is 14.0. The maximum absolute atomic E-state index is 14.0. The molecule has 0 radical (unpaired) electrons. The molecule has 208 valence electrons. The molecular formula is C32H33ClN2O5. The average Bonchev–Trinajstić information content (AvgIpc) is 2.94. The number of halogens is 1. The lowest BCUT2D eigenvalue weighted by atomic mass is 9.76. The van der Waals surface area contributed by atoms with Crippen LogP contribution in [0, 0.1) is 0 Å². The molecule has 5 rings (SSSR count). The zero-order valence-corrected chi connectivity index (χ0v) is 22.9. The van der Waals surface area contributed by atoms with Crippen LogP contribution in [0.25, 0.3) is 0 Å². The summed E-state index contributed by atoms with van der Waals surface area (Å²) >= 11 is 6.20. The van der Waals surface area contributed by atoms with Crippen LogP contribution in [0.3, 0.4) is 0 Å². The Morgan fingerprint density at radius 3 is 2.42 bits per heavy atom. The summed E-state index contributed by atoms with van der Waals surface area (Å²) in [6.07, 6.45) is 2.89. The van der Waals surface area contributed by atoms with E-state index >= 15 is 0 Å². The van der Waals surface area contributed by atoms with Crippen LogP contribution in [0.5, 0.6) is 0 Å². The number of carboxylic acids is 1.